The molecule has 0 aliphatic heterocycles. The SMILES string of the molecule is COc1ccc(N=c2scc(-c3ccc([N+](=O)[O-])cc3)n2CCCO)cc1. The third-order valence-electron chi connectivity index (χ3n) is 4.01. The predicted molar refractivity (Wildman–Crippen MR) is 104 cm³/mol. The van der Waals surface area contributed by atoms with Gasteiger partial charge in [0, 0.05) is 30.7 Å². The van der Waals surface area contributed by atoms with Gasteiger partial charge in [-0.15, -0.1) is 11.3 Å². The highest BCUT2D eigenvalue weighted by atomic mass is 32.1. The van der Waals surface area contributed by atoms with Crippen LogP contribution in [0.3, 0.4) is 0 Å². The smallest absolute Gasteiger partial charge is 0.269 e. The van der Waals surface area contributed by atoms with Crippen LogP contribution in [0.25, 0.3) is 11.3 Å². The number of nitro benzene ring substituents is 1. The van der Waals surface area contributed by atoms with Gasteiger partial charge >= 0.3 is 0 Å². The van der Waals surface area contributed by atoms with E-state index in [4.69, 9.17) is 9.73 Å². The van der Waals surface area contributed by atoms with Crippen LogP contribution in [0.2, 0.25) is 0 Å². The quantitative estimate of drug-likeness (QED) is 0.495. The van der Waals surface area contributed by atoms with Crippen LogP contribution in [-0.4, -0.2) is 28.3 Å². The van der Waals surface area contributed by atoms with Crippen LogP contribution in [0.4, 0.5) is 11.4 Å². The Labute approximate surface area is 160 Å². The van der Waals surface area contributed by atoms with E-state index in [-0.39, 0.29) is 12.3 Å². The van der Waals surface area contributed by atoms with Gasteiger partial charge in [0.1, 0.15) is 5.75 Å². The molecule has 0 atom stereocenters. The number of benzene rings is 2. The summed E-state index contributed by atoms with van der Waals surface area (Å²) < 4.78 is 7.18. The first-order valence-electron chi connectivity index (χ1n) is 8.35. The number of thiazole rings is 1. The molecule has 0 aliphatic rings. The zero-order valence-electron chi connectivity index (χ0n) is 14.7. The van der Waals surface area contributed by atoms with Gasteiger partial charge in [0.25, 0.3) is 5.69 Å². The fraction of sp³-hybridized carbons (Fsp3) is 0.211. The standard InChI is InChI=1S/C19H19N3O4S/c1-26-17-9-5-15(6-10-17)20-19-21(11-2-12-23)18(13-27-19)14-3-7-16(8-4-14)22(24)25/h3-10,13,23H,2,11-12H2,1H3. The number of aliphatic hydroxyl groups is 1. The van der Waals surface area contributed by atoms with E-state index in [0.717, 1.165) is 27.5 Å². The Morgan fingerprint density at radius 1 is 1.19 bits per heavy atom. The van der Waals surface area contributed by atoms with Crippen LogP contribution in [0.1, 0.15) is 6.42 Å². The highest BCUT2D eigenvalue weighted by molar-refractivity contribution is 7.07. The molecule has 27 heavy (non-hydrogen) atoms. The molecule has 3 aromatic rings. The maximum Gasteiger partial charge on any atom is 0.269 e. The van der Waals surface area contributed by atoms with E-state index in [1.807, 2.05) is 34.2 Å². The van der Waals surface area contributed by atoms with Crippen molar-refractivity contribution >= 4 is 22.7 Å². The molecule has 140 valence electrons. The van der Waals surface area contributed by atoms with Gasteiger partial charge in [-0.2, -0.15) is 0 Å². The molecule has 0 unspecified atom stereocenters. The van der Waals surface area contributed by atoms with Gasteiger partial charge in [0.15, 0.2) is 4.80 Å². The van der Waals surface area contributed by atoms with Gasteiger partial charge in [-0.25, -0.2) is 4.99 Å². The zero-order chi connectivity index (χ0) is 19.2. The van der Waals surface area contributed by atoms with Crippen molar-refractivity contribution in [1.82, 2.24) is 4.57 Å². The second-order valence-corrected chi connectivity index (χ2v) is 6.58. The van der Waals surface area contributed by atoms with E-state index in [0.29, 0.717) is 13.0 Å². The molecular formula is C19H19N3O4S. The second-order valence-electron chi connectivity index (χ2n) is 5.75. The lowest BCUT2D eigenvalue weighted by atomic mass is 10.1. The normalized spacial score (nSPS) is 11.6. The molecule has 0 fully saturated rings. The van der Waals surface area contributed by atoms with E-state index < -0.39 is 4.92 Å². The first-order valence-corrected chi connectivity index (χ1v) is 9.23. The van der Waals surface area contributed by atoms with Crippen molar-refractivity contribution < 1.29 is 14.8 Å². The minimum atomic E-state index is -0.415. The van der Waals surface area contributed by atoms with Crippen molar-refractivity contribution in [3.63, 3.8) is 0 Å². The van der Waals surface area contributed by atoms with Crippen molar-refractivity contribution in [3.8, 4) is 17.0 Å². The molecule has 0 spiro atoms. The van der Waals surface area contributed by atoms with Gasteiger partial charge in [-0.1, -0.05) is 0 Å². The highest BCUT2D eigenvalue weighted by Gasteiger charge is 2.10. The summed E-state index contributed by atoms with van der Waals surface area (Å²) >= 11 is 1.49. The van der Waals surface area contributed by atoms with Crippen molar-refractivity contribution in [2.75, 3.05) is 13.7 Å². The maximum absolute atomic E-state index is 10.9. The third-order valence-corrected chi connectivity index (χ3v) is 4.87. The summed E-state index contributed by atoms with van der Waals surface area (Å²) in [6.45, 7) is 0.672. The first kappa shape index (κ1) is 18.8. The van der Waals surface area contributed by atoms with E-state index >= 15 is 0 Å². The lowest BCUT2D eigenvalue weighted by Gasteiger charge is -2.08. The molecule has 3 rings (SSSR count). The van der Waals surface area contributed by atoms with Crippen molar-refractivity contribution in [1.29, 1.82) is 0 Å². The van der Waals surface area contributed by atoms with Crippen LogP contribution in [0.15, 0.2) is 58.9 Å². The van der Waals surface area contributed by atoms with Gasteiger partial charge in [0.05, 0.1) is 23.4 Å². The van der Waals surface area contributed by atoms with Crippen LogP contribution in [0.5, 0.6) is 5.75 Å². The Bertz CT molecular complexity index is 975. The topological polar surface area (TPSA) is 89.9 Å². The number of hydrogen-bond acceptors (Lipinski definition) is 6. The molecule has 0 saturated heterocycles. The molecule has 7 nitrogen and oxygen atoms in total. The van der Waals surface area contributed by atoms with Crippen LogP contribution in [-0.2, 0) is 6.54 Å². The second kappa shape index (κ2) is 8.61. The highest BCUT2D eigenvalue weighted by Crippen LogP contribution is 2.24. The number of rotatable bonds is 7. The lowest BCUT2D eigenvalue weighted by molar-refractivity contribution is -0.384. The molecular weight excluding hydrogens is 366 g/mol. The Hall–Kier alpha value is -2.97. The number of hydrogen-bond donors (Lipinski definition) is 1. The molecule has 0 saturated carbocycles. The summed E-state index contributed by atoms with van der Waals surface area (Å²) in [5, 5.41) is 22.1. The van der Waals surface area contributed by atoms with Crippen molar-refractivity contribution in [3.05, 3.63) is 68.8 Å². The summed E-state index contributed by atoms with van der Waals surface area (Å²) in [5.74, 6) is 0.764. The molecule has 0 amide bonds. The minimum absolute atomic E-state index is 0.0547. The number of nitro groups is 1. The molecule has 8 heteroatoms. The Morgan fingerprint density at radius 2 is 1.89 bits per heavy atom. The van der Waals surface area contributed by atoms with Crippen molar-refractivity contribution in [2.24, 2.45) is 4.99 Å². The maximum atomic E-state index is 10.9. The molecule has 1 N–H and O–H groups in total. The van der Waals surface area contributed by atoms with E-state index in [2.05, 4.69) is 0 Å². The van der Waals surface area contributed by atoms with E-state index in [1.54, 1.807) is 19.2 Å². The van der Waals surface area contributed by atoms with Gasteiger partial charge in [-0.3, -0.25) is 10.1 Å². The van der Waals surface area contributed by atoms with Gasteiger partial charge < -0.3 is 14.4 Å². The average molecular weight is 385 g/mol. The first-order chi connectivity index (χ1) is 13.1. The predicted octanol–water partition coefficient (Wildman–Crippen LogP) is 3.75. The average Bonchev–Trinajstić information content (AvgIpc) is 3.09. The molecule has 1 heterocycles. The summed E-state index contributed by atoms with van der Waals surface area (Å²) in [6, 6.07) is 13.9. The monoisotopic (exact) mass is 385 g/mol. The Balaban J connectivity index is 2.02. The molecule has 0 aliphatic carbocycles. The number of aliphatic hydroxyl groups excluding tert-OH is 1. The third kappa shape index (κ3) is 4.42. The van der Waals surface area contributed by atoms with Gasteiger partial charge in [-0.05, 0) is 48.4 Å². The fourth-order valence-corrected chi connectivity index (χ4v) is 3.57. The molecule has 2 aromatic carbocycles. The molecule has 0 radical (unpaired) electrons. The summed E-state index contributed by atoms with van der Waals surface area (Å²) in [4.78, 5) is 15.9. The Kier molecular flexibility index (Phi) is 6.00. The van der Waals surface area contributed by atoms with Crippen LogP contribution >= 0.6 is 11.3 Å². The molecule has 1 aromatic heterocycles. The summed E-state index contributed by atoms with van der Waals surface area (Å²) in [5.41, 5.74) is 2.63. The number of non-ortho nitro benzene ring substituents is 1. The number of nitrogens with zero attached hydrogens (tertiary/aromatic N) is 3. The van der Waals surface area contributed by atoms with Gasteiger partial charge in [0.2, 0.25) is 0 Å². The fourth-order valence-electron chi connectivity index (χ4n) is 2.62. The Morgan fingerprint density at radius 3 is 2.48 bits per heavy atom. The molecule has 0 bridgehead atoms. The van der Waals surface area contributed by atoms with Crippen molar-refractivity contribution in [2.45, 2.75) is 13.0 Å². The number of ether oxygens (including phenoxy) is 1. The summed E-state index contributed by atoms with van der Waals surface area (Å²) in [6.07, 6.45) is 0.590. The largest absolute Gasteiger partial charge is 0.497 e. The van der Waals surface area contributed by atoms with E-state index in [9.17, 15) is 15.2 Å². The summed E-state index contributed by atoms with van der Waals surface area (Å²) in [7, 11) is 1.62. The number of methoxy groups -OCH3 is 1. The lowest BCUT2D eigenvalue weighted by Crippen LogP contribution is -2.16. The zero-order valence-corrected chi connectivity index (χ0v) is 15.6. The minimum Gasteiger partial charge on any atom is -0.497 e. The number of aromatic nitrogens is 1. The van der Waals surface area contributed by atoms with E-state index in [1.165, 1.54) is 23.5 Å². The van der Waals surface area contributed by atoms with Crippen LogP contribution in [0, 0.1) is 10.1 Å². The van der Waals surface area contributed by atoms with Crippen LogP contribution < -0.4 is 9.54 Å².